The molecule has 0 atom stereocenters. The Kier molecular flexibility index (Phi) is 5.66. The molecular formula is C16H15ClN2O5S. The minimum Gasteiger partial charge on any atom is -0.497 e. The number of rotatable bonds is 5. The van der Waals surface area contributed by atoms with Gasteiger partial charge in [0.15, 0.2) is 0 Å². The monoisotopic (exact) mass is 382 g/mol. The molecule has 0 spiro atoms. The zero-order valence-corrected chi connectivity index (χ0v) is 14.9. The lowest BCUT2D eigenvalue weighted by Crippen LogP contribution is -2.29. The molecule has 0 aliphatic carbocycles. The number of halogens is 1. The van der Waals surface area contributed by atoms with Crippen LogP contribution in [-0.2, 0) is 10.0 Å². The number of ether oxygens (including phenoxy) is 1. The molecule has 0 aromatic heterocycles. The highest BCUT2D eigenvalue weighted by molar-refractivity contribution is 7.89. The minimum atomic E-state index is -3.70. The van der Waals surface area contributed by atoms with Crippen LogP contribution in [0.3, 0.4) is 0 Å². The number of anilines is 1. The van der Waals surface area contributed by atoms with Crippen molar-refractivity contribution in [1.82, 2.24) is 4.72 Å². The van der Waals surface area contributed by atoms with Crippen molar-refractivity contribution in [3.05, 3.63) is 58.6 Å². The lowest BCUT2D eigenvalue weighted by Gasteiger charge is -2.10. The van der Waals surface area contributed by atoms with Crippen LogP contribution < -0.4 is 14.8 Å². The first kappa shape index (κ1) is 18.8. The fourth-order valence-electron chi connectivity index (χ4n) is 1.93. The summed E-state index contributed by atoms with van der Waals surface area (Å²) in [5.41, 5.74) is 0.589. The van der Waals surface area contributed by atoms with Gasteiger partial charge in [-0.2, -0.15) is 0 Å². The van der Waals surface area contributed by atoms with E-state index < -0.39 is 21.8 Å². The van der Waals surface area contributed by atoms with E-state index in [-0.39, 0.29) is 16.3 Å². The summed E-state index contributed by atoms with van der Waals surface area (Å²) in [6, 6.07) is 10.4. The quantitative estimate of drug-likeness (QED) is 0.826. The Morgan fingerprint density at radius 3 is 2.16 bits per heavy atom. The molecule has 0 saturated heterocycles. The van der Waals surface area contributed by atoms with Crippen molar-refractivity contribution in [3.8, 4) is 5.75 Å². The van der Waals surface area contributed by atoms with Crippen molar-refractivity contribution in [2.24, 2.45) is 0 Å². The van der Waals surface area contributed by atoms with Gasteiger partial charge in [0, 0.05) is 11.1 Å². The van der Waals surface area contributed by atoms with Gasteiger partial charge in [-0.3, -0.25) is 9.59 Å². The molecule has 0 saturated carbocycles. The van der Waals surface area contributed by atoms with E-state index in [4.69, 9.17) is 16.3 Å². The van der Waals surface area contributed by atoms with Crippen LogP contribution in [0.1, 0.15) is 20.7 Å². The van der Waals surface area contributed by atoms with Crippen LogP contribution in [0.15, 0.2) is 42.5 Å². The third kappa shape index (κ3) is 5.20. The van der Waals surface area contributed by atoms with Gasteiger partial charge in [-0.05, 0) is 42.5 Å². The molecule has 7 nitrogen and oxygen atoms in total. The van der Waals surface area contributed by atoms with E-state index in [0.717, 1.165) is 6.26 Å². The van der Waals surface area contributed by atoms with Crippen LogP contribution >= 0.6 is 11.6 Å². The van der Waals surface area contributed by atoms with Crippen molar-refractivity contribution < 1.29 is 22.7 Å². The first-order valence-electron chi connectivity index (χ1n) is 6.96. The molecule has 2 aromatic rings. The average Bonchev–Trinajstić information content (AvgIpc) is 2.55. The van der Waals surface area contributed by atoms with Crippen molar-refractivity contribution in [2.45, 2.75) is 0 Å². The Labute approximate surface area is 150 Å². The fraction of sp³-hybridized carbons (Fsp3) is 0.125. The second-order valence-electron chi connectivity index (χ2n) is 5.08. The Morgan fingerprint density at radius 2 is 1.60 bits per heavy atom. The molecule has 0 bridgehead atoms. The number of hydrogen-bond donors (Lipinski definition) is 2. The van der Waals surface area contributed by atoms with E-state index in [2.05, 4.69) is 5.32 Å². The lowest BCUT2D eigenvalue weighted by molar-refractivity contribution is 0.0979. The fourth-order valence-corrected chi connectivity index (χ4v) is 2.55. The smallest absolute Gasteiger partial charge is 0.264 e. The largest absolute Gasteiger partial charge is 0.497 e. The van der Waals surface area contributed by atoms with Crippen molar-refractivity contribution in [2.75, 3.05) is 18.7 Å². The van der Waals surface area contributed by atoms with Gasteiger partial charge in [-0.1, -0.05) is 11.6 Å². The number of nitrogens with one attached hydrogen (secondary N) is 2. The molecule has 0 radical (unpaired) electrons. The second-order valence-corrected chi connectivity index (χ2v) is 7.24. The zero-order chi connectivity index (χ0) is 18.6. The van der Waals surface area contributed by atoms with Gasteiger partial charge in [0.25, 0.3) is 11.8 Å². The van der Waals surface area contributed by atoms with E-state index in [1.165, 1.54) is 25.3 Å². The van der Waals surface area contributed by atoms with Crippen LogP contribution in [0.2, 0.25) is 5.02 Å². The van der Waals surface area contributed by atoms with E-state index >= 15 is 0 Å². The van der Waals surface area contributed by atoms with Gasteiger partial charge in [0.1, 0.15) is 5.75 Å². The predicted octanol–water partition coefficient (Wildman–Crippen LogP) is 2.29. The van der Waals surface area contributed by atoms with Gasteiger partial charge >= 0.3 is 0 Å². The number of amides is 2. The minimum absolute atomic E-state index is 0.0415. The van der Waals surface area contributed by atoms with E-state index in [1.807, 2.05) is 4.72 Å². The van der Waals surface area contributed by atoms with Crippen molar-refractivity contribution in [3.63, 3.8) is 0 Å². The van der Waals surface area contributed by atoms with E-state index in [0.29, 0.717) is 11.3 Å². The molecule has 2 aromatic carbocycles. The summed E-state index contributed by atoms with van der Waals surface area (Å²) in [4.78, 5) is 24.2. The average molecular weight is 383 g/mol. The molecule has 0 fully saturated rings. The molecule has 9 heteroatoms. The first-order chi connectivity index (χ1) is 11.7. The maximum Gasteiger partial charge on any atom is 0.264 e. The van der Waals surface area contributed by atoms with Gasteiger partial charge in [0.2, 0.25) is 10.0 Å². The third-order valence-corrected chi connectivity index (χ3v) is 3.99. The molecule has 0 aliphatic heterocycles. The third-order valence-electron chi connectivity index (χ3n) is 3.11. The summed E-state index contributed by atoms with van der Waals surface area (Å²) in [6.07, 6.45) is 0.868. The van der Waals surface area contributed by atoms with Crippen LogP contribution in [0, 0.1) is 0 Å². The Balaban J connectivity index is 2.22. The molecular weight excluding hydrogens is 368 g/mol. The SMILES string of the molecule is COc1ccc(C(=O)Nc2cc(C(=O)NS(C)(=O)=O)ccc2Cl)cc1. The summed E-state index contributed by atoms with van der Waals surface area (Å²) >= 11 is 6.03. The maximum absolute atomic E-state index is 12.3. The summed E-state index contributed by atoms with van der Waals surface area (Å²) in [5.74, 6) is -0.654. The molecule has 0 heterocycles. The summed E-state index contributed by atoms with van der Waals surface area (Å²) < 4.78 is 29.2. The number of benzene rings is 2. The Morgan fingerprint density at radius 1 is 1.00 bits per heavy atom. The van der Waals surface area contributed by atoms with Gasteiger partial charge in [0.05, 0.1) is 24.1 Å². The van der Waals surface area contributed by atoms with Crippen LogP contribution in [-0.4, -0.2) is 33.6 Å². The second kappa shape index (κ2) is 7.54. The summed E-state index contributed by atoms with van der Waals surface area (Å²) in [6.45, 7) is 0. The van der Waals surface area contributed by atoms with Crippen LogP contribution in [0.5, 0.6) is 5.75 Å². The highest BCUT2D eigenvalue weighted by atomic mass is 35.5. The van der Waals surface area contributed by atoms with Gasteiger partial charge in [-0.25, -0.2) is 13.1 Å². The van der Waals surface area contributed by atoms with Crippen LogP contribution in [0.25, 0.3) is 0 Å². The molecule has 132 valence electrons. The summed E-state index contributed by atoms with van der Waals surface area (Å²) in [7, 11) is -2.18. The number of sulfonamides is 1. The highest BCUT2D eigenvalue weighted by Gasteiger charge is 2.15. The maximum atomic E-state index is 12.3. The molecule has 2 N–H and O–H groups in total. The number of methoxy groups -OCH3 is 1. The first-order valence-corrected chi connectivity index (χ1v) is 9.23. The molecule has 25 heavy (non-hydrogen) atoms. The normalized spacial score (nSPS) is 10.8. The van der Waals surface area contributed by atoms with Crippen molar-refractivity contribution in [1.29, 1.82) is 0 Å². The van der Waals surface area contributed by atoms with E-state index in [9.17, 15) is 18.0 Å². The van der Waals surface area contributed by atoms with Crippen LogP contribution in [0.4, 0.5) is 5.69 Å². The number of hydrogen-bond acceptors (Lipinski definition) is 5. The standard InChI is InChI=1S/C16H15ClN2O5S/c1-24-12-6-3-10(4-7-12)15(20)18-14-9-11(5-8-13(14)17)16(21)19-25(2,22)23/h3-9H,1-2H3,(H,18,20)(H,19,21). The topological polar surface area (TPSA) is 102 Å². The molecule has 2 amide bonds. The molecule has 0 unspecified atom stereocenters. The highest BCUT2D eigenvalue weighted by Crippen LogP contribution is 2.24. The molecule has 0 aliphatic rings. The molecule has 2 rings (SSSR count). The lowest BCUT2D eigenvalue weighted by atomic mass is 10.1. The Bertz CT molecular complexity index is 911. The number of carbonyl (C=O) groups excluding carboxylic acids is 2. The van der Waals surface area contributed by atoms with Gasteiger partial charge < -0.3 is 10.1 Å². The van der Waals surface area contributed by atoms with Gasteiger partial charge in [-0.15, -0.1) is 0 Å². The Hall–Kier alpha value is -2.58. The van der Waals surface area contributed by atoms with Crippen molar-refractivity contribution >= 4 is 39.1 Å². The zero-order valence-electron chi connectivity index (χ0n) is 13.4. The predicted molar refractivity (Wildman–Crippen MR) is 94.7 cm³/mol. The number of carbonyl (C=O) groups is 2. The summed E-state index contributed by atoms with van der Waals surface area (Å²) in [5, 5.41) is 2.79. The van der Waals surface area contributed by atoms with E-state index in [1.54, 1.807) is 24.3 Å².